The van der Waals surface area contributed by atoms with Crippen LogP contribution in [-0.2, 0) is 14.2 Å². The predicted molar refractivity (Wildman–Crippen MR) is 70.1 cm³/mol. The third-order valence-electron chi connectivity index (χ3n) is 2.86. The minimum atomic E-state index is -0.515. The van der Waals surface area contributed by atoms with E-state index in [4.69, 9.17) is 19.3 Å². The molecule has 1 heterocycles. The maximum absolute atomic E-state index is 11.6. The van der Waals surface area contributed by atoms with Crippen molar-refractivity contribution in [2.24, 2.45) is 0 Å². The van der Waals surface area contributed by atoms with E-state index in [-0.39, 0.29) is 13.2 Å². The smallest absolute Gasteiger partial charge is 0.407 e. The number of alkyl carbamates (subject to hydrolysis) is 1. The van der Waals surface area contributed by atoms with Crippen molar-refractivity contribution in [1.82, 2.24) is 5.32 Å². The van der Waals surface area contributed by atoms with Crippen LogP contribution >= 0.6 is 0 Å². The number of hydrogen-bond donors (Lipinski definition) is 2. The molecule has 1 saturated heterocycles. The molecular weight excluding hydrogens is 250 g/mol. The highest BCUT2D eigenvalue weighted by Gasteiger charge is 2.34. The Kier molecular flexibility index (Phi) is 6.03. The summed E-state index contributed by atoms with van der Waals surface area (Å²) in [6.07, 6.45) is 0.942. The Hall–Kier alpha value is -0.850. The van der Waals surface area contributed by atoms with E-state index in [1.54, 1.807) is 0 Å². The van der Waals surface area contributed by atoms with Crippen molar-refractivity contribution < 1.29 is 24.1 Å². The third-order valence-corrected chi connectivity index (χ3v) is 2.86. The van der Waals surface area contributed by atoms with Crippen molar-refractivity contribution in [3.63, 3.8) is 0 Å². The lowest BCUT2D eigenvalue weighted by atomic mass is 9.94. The van der Waals surface area contributed by atoms with Crippen LogP contribution < -0.4 is 5.32 Å². The van der Waals surface area contributed by atoms with E-state index in [0.29, 0.717) is 32.6 Å². The number of aliphatic hydroxyl groups excluding tert-OH is 1. The third kappa shape index (κ3) is 6.22. The van der Waals surface area contributed by atoms with Crippen LogP contribution in [0.25, 0.3) is 0 Å². The van der Waals surface area contributed by atoms with Crippen molar-refractivity contribution in [3.05, 3.63) is 0 Å². The van der Waals surface area contributed by atoms with Crippen LogP contribution in [0.5, 0.6) is 0 Å². The van der Waals surface area contributed by atoms with Gasteiger partial charge in [-0.15, -0.1) is 0 Å². The average Bonchev–Trinajstić information content (AvgIpc) is 2.33. The molecule has 0 unspecified atom stereocenters. The fourth-order valence-electron chi connectivity index (χ4n) is 1.93. The molecule has 0 aliphatic carbocycles. The summed E-state index contributed by atoms with van der Waals surface area (Å²) in [6, 6.07) is 0. The molecule has 0 aromatic heterocycles. The van der Waals surface area contributed by atoms with Gasteiger partial charge in [0.15, 0.2) is 0 Å². The van der Waals surface area contributed by atoms with Gasteiger partial charge in [-0.2, -0.15) is 0 Å². The first-order valence-corrected chi connectivity index (χ1v) is 6.66. The highest BCUT2D eigenvalue weighted by Crippen LogP contribution is 2.24. The van der Waals surface area contributed by atoms with Crippen molar-refractivity contribution >= 4 is 6.09 Å². The minimum absolute atomic E-state index is 0.0327. The summed E-state index contributed by atoms with van der Waals surface area (Å²) in [5, 5.41) is 11.6. The molecular formula is C13H25NO5. The molecule has 1 amide bonds. The summed E-state index contributed by atoms with van der Waals surface area (Å²) in [5.41, 5.74) is -0.975. The Labute approximate surface area is 114 Å². The van der Waals surface area contributed by atoms with Gasteiger partial charge in [0.25, 0.3) is 0 Å². The van der Waals surface area contributed by atoms with Gasteiger partial charge in [-0.1, -0.05) is 0 Å². The van der Waals surface area contributed by atoms with E-state index in [0.717, 1.165) is 0 Å². The summed E-state index contributed by atoms with van der Waals surface area (Å²) in [7, 11) is 0. The molecule has 0 saturated carbocycles. The van der Waals surface area contributed by atoms with Crippen LogP contribution in [-0.4, -0.2) is 55.4 Å². The number of nitrogens with one attached hydrogen (secondary N) is 1. The van der Waals surface area contributed by atoms with E-state index in [1.165, 1.54) is 0 Å². The number of rotatable bonds is 5. The fraction of sp³-hybridized carbons (Fsp3) is 0.923. The van der Waals surface area contributed by atoms with E-state index in [9.17, 15) is 4.79 Å². The second-order valence-electron chi connectivity index (χ2n) is 5.72. The van der Waals surface area contributed by atoms with Gasteiger partial charge in [0.05, 0.1) is 25.4 Å². The molecule has 6 nitrogen and oxygen atoms in total. The van der Waals surface area contributed by atoms with Gasteiger partial charge >= 0.3 is 6.09 Å². The maximum atomic E-state index is 11.6. The summed E-state index contributed by atoms with van der Waals surface area (Å²) >= 11 is 0. The number of ether oxygens (including phenoxy) is 3. The second-order valence-corrected chi connectivity index (χ2v) is 5.72. The van der Waals surface area contributed by atoms with Gasteiger partial charge in [-0.25, -0.2) is 4.79 Å². The van der Waals surface area contributed by atoms with Gasteiger partial charge in [-0.05, 0) is 20.8 Å². The Morgan fingerprint density at radius 1 is 1.37 bits per heavy atom. The molecule has 6 heteroatoms. The zero-order valence-electron chi connectivity index (χ0n) is 12.0. The van der Waals surface area contributed by atoms with Crippen LogP contribution in [0.3, 0.4) is 0 Å². The Bertz CT molecular complexity index is 281. The largest absolute Gasteiger partial charge is 0.444 e. The van der Waals surface area contributed by atoms with Crippen LogP contribution in [0, 0.1) is 0 Å². The fourth-order valence-corrected chi connectivity index (χ4v) is 1.93. The van der Waals surface area contributed by atoms with Crippen molar-refractivity contribution in [2.45, 2.75) is 44.8 Å². The quantitative estimate of drug-likeness (QED) is 0.785. The number of amides is 1. The SMILES string of the molecule is CC(C)(C)OC(=O)NCC1(OCCO)CCOCC1. The Morgan fingerprint density at radius 3 is 2.53 bits per heavy atom. The lowest BCUT2D eigenvalue weighted by Gasteiger charge is -2.37. The first-order valence-electron chi connectivity index (χ1n) is 6.66. The molecule has 1 aliphatic rings. The lowest BCUT2D eigenvalue weighted by molar-refractivity contribution is -0.115. The summed E-state index contributed by atoms with van der Waals surface area (Å²) in [6.45, 7) is 7.25. The molecule has 1 rings (SSSR count). The molecule has 2 N–H and O–H groups in total. The van der Waals surface area contributed by atoms with Crippen molar-refractivity contribution in [2.75, 3.05) is 33.0 Å². The number of aliphatic hydroxyl groups is 1. The second kappa shape index (κ2) is 7.07. The van der Waals surface area contributed by atoms with Gasteiger partial charge in [0.1, 0.15) is 5.60 Å². The Morgan fingerprint density at radius 2 is 2.00 bits per heavy atom. The van der Waals surface area contributed by atoms with Crippen molar-refractivity contribution in [3.8, 4) is 0 Å². The van der Waals surface area contributed by atoms with Gasteiger partial charge < -0.3 is 24.6 Å². The average molecular weight is 275 g/mol. The molecule has 0 bridgehead atoms. The summed E-state index contributed by atoms with van der Waals surface area (Å²) in [5.74, 6) is 0. The minimum Gasteiger partial charge on any atom is -0.444 e. The predicted octanol–water partition coefficient (Wildman–Crippen LogP) is 1.07. The normalized spacial score (nSPS) is 18.9. The molecule has 19 heavy (non-hydrogen) atoms. The molecule has 112 valence electrons. The molecule has 1 aliphatic heterocycles. The first kappa shape index (κ1) is 16.2. The Balaban J connectivity index is 2.46. The molecule has 0 radical (unpaired) electrons. The highest BCUT2D eigenvalue weighted by molar-refractivity contribution is 5.67. The number of carbonyl (C=O) groups excluding carboxylic acids is 1. The van der Waals surface area contributed by atoms with Crippen LogP contribution in [0.2, 0.25) is 0 Å². The highest BCUT2D eigenvalue weighted by atomic mass is 16.6. The zero-order chi connectivity index (χ0) is 14.4. The molecule has 0 spiro atoms. The van der Waals surface area contributed by atoms with E-state index >= 15 is 0 Å². The number of hydrogen-bond acceptors (Lipinski definition) is 5. The number of carbonyl (C=O) groups is 1. The topological polar surface area (TPSA) is 77.0 Å². The zero-order valence-corrected chi connectivity index (χ0v) is 12.0. The molecule has 0 aromatic carbocycles. The molecule has 0 atom stereocenters. The van der Waals surface area contributed by atoms with Crippen molar-refractivity contribution in [1.29, 1.82) is 0 Å². The summed E-state index contributed by atoms with van der Waals surface area (Å²) < 4.78 is 16.2. The van der Waals surface area contributed by atoms with Gasteiger partial charge in [0, 0.05) is 26.1 Å². The molecule has 0 aromatic rings. The van der Waals surface area contributed by atoms with E-state index < -0.39 is 17.3 Å². The van der Waals surface area contributed by atoms with Crippen LogP contribution in [0.1, 0.15) is 33.6 Å². The molecule has 1 fully saturated rings. The van der Waals surface area contributed by atoms with Gasteiger partial charge in [-0.3, -0.25) is 0 Å². The van der Waals surface area contributed by atoms with Crippen LogP contribution in [0.15, 0.2) is 0 Å². The van der Waals surface area contributed by atoms with Gasteiger partial charge in [0.2, 0.25) is 0 Å². The van der Waals surface area contributed by atoms with E-state index in [1.807, 2.05) is 20.8 Å². The summed E-state index contributed by atoms with van der Waals surface area (Å²) in [4.78, 5) is 11.6. The lowest BCUT2D eigenvalue weighted by Crippen LogP contribution is -2.50. The maximum Gasteiger partial charge on any atom is 0.407 e. The monoisotopic (exact) mass is 275 g/mol. The van der Waals surface area contributed by atoms with Crippen LogP contribution in [0.4, 0.5) is 4.79 Å². The first-order chi connectivity index (χ1) is 8.87. The van der Waals surface area contributed by atoms with E-state index in [2.05, 4.69) is 5.32 Å². The standard InChI is InChI=1S/C13H25NO5/c1-12(2,3)19-11(16)14-10-13(18-9-6-15)4-7-17-8-5-13/h15H,4-10H2,1-3H3,(H,14,16).